The van der Waals surface area contributed by atoms with E-state index in [1.807, 2.05) is 0 Å². The van der Waals surface area contributed by atoms with Gasteiger partial charge in [-0.15, -0.1) is 0 Å². The van der Waals surface area contributed by atoms with Crippen molar-refractivity contribution in [1.29, 1.82) is 0 Å². The summed E-state index contributed by atoms with van der Waals surface area (Å²) in [7, 11) is 0. The molecule has 0 aromatic rings. The summed E-state index contributed by atoms with van der Waals surface area (Å²) < 4.78 is 35.1. The van der Waals surface area contributed by atoms with E-state index in [1.165, 1.54) is 0 Å². The van der Waals surface area contributed by atoms with Gasteiger partial charge in [-0.1, -0.05) is 0 Å². The number of alkyl halides is 3. The third-order valence-corrected chi connectivity index (χ3v) is 1.42. The molecule has 84 valence electrons. The van der Waals surface area contributed by atoms with Crippen molar-refractivity contribution < 1.29 is 13.2 Å². The van der Waals surface area contributed by atoms with Crippen LogP contribution in [0, 0.1) is 0 Å². The molecule has 0 aromatic heterocycles. The summed E-state index contributed by atoms with van der Waals surface area (Å²) in [6.45, 7) is 0.949. The fourth-order valence-electron chi connectivity index (χ4n) is 0.795. The zero-order valence-corrected chi connectivity index (χ0v) is 7.93. The maximum Gasteiger partial charge on any atom is 0.408 e. The Balaban J connectivity index is 3.88. The van der Waals surface area contributed by atoms with Crippen molar-refractivity contribution in [2.75, 3.05) is 13.1 Å². The van der Waals surface area contributed by atoms with Crippen LogP contribution in [0.15, 0.2) is 4.99 Å². The average Bonchev–Trinajstić information content (AvgIpc) is 2.00. The minimum Gasteiger partial charge on any atom is -0.370 e. The van der Waals surface area contributed by atoms with Gasteiger partial charge in [-0.2, -0.15) is 13.2 Å². The van der Waals surface area contributed by atoms with Crippen molar-refractivity contribution in [2.24, 2.45) is 16.5 Å². The predicted molar refractivity (Wildman–Crippen MR) is 48.8 cm³/mol. The van der Waals surface area contributed by atoms with Crippen LogP contribution in [0.4, 0.5) is 13.2 Å². The third kappa shape index (κ3) is 7.66. The standard InChI is InChI=1S/C7H15F3N4/c1-5(2-3-11)14-6(12)13-4-7(8,9)10/h5H,2-4,11H2,1H3,(H3,12,13,14). The highest BCUT2D eigenvalue weighted by atomic mass is 19.4. The summed E-state index contributed by atoms with van der Waals surface area (Å²) in [6, 6.07) is -0.0722. The number of halogens is 3. The van der Waals surface area contributed by atoms with E-state index in [0.29, 0.717) is 13.0 Å². The molecule has 5 N–H and O–H groups in total. The van der Waals surface area contributed by atoms with Gasteiger partial charge in [0.05, 0.1) is 0 Å². The second-order valence-electron chi connectivity index (χ2n) is 2.94. The number of guanidine groups is 1. The number of rotatable bonds is 4. The highest BCUT2D eigenvalue weighted by molar-refractivity contribution is 5.78. The van der Waals surface area contributed by atoms with Crippen LogP contribution < -0.4 is 16.8 Å². The summed E-state index contributed by atoms with van der Waals surface area (Å²) in [5, 5.41) is 2.60. The smallest absolute Gasteiger partial charge is 0.370 e. The number of hydrogen-bond acceptors (Lipinski definition) is 2. The van der Waals surface area contributed by atoms with Crippen molar-refractivity contribution in [1.82, 2.24) is 5.32 Å². The number of nitrogens with two attached hydrogens (primary N) is 2. The van der Waals surface area contributed by atoms with Gasteiger partial charge in [0.1, 0.15) is 6.54 Å². The van der Waals surface area contributed by atoms with Gasteiger partial charge in [-0.25, -0.2) is 4.99 Å². The molecule has 0 aliphatic heterocycles. The summed E-state index contributed by atoms with van der Waals surface area (Å²) >= 11 is 0. The second kappa shape index (κ2) is 5.69. The van der Waals surface area contributed by atoms with Crippen LogP contribution >= 0.6 is 0 Å². The number of aliphatic imine (C=N–C) groups is 1. The Morgan fingerprint density at radius 2 is 2.07 bits per heavy atom. The Labute approximate surface area is 80.6 Å². The summed E-state index contributed by atoms with van der Waals surface area (Å²) in [5.74, 6) is -0.205. The number of hydrogen-bond donors (Lipinski definition) is 3. The van der Waals surface area contributed by atoms with Crippen LogP contribution in [0.5, 0.6) is 0 Å². The van der Waals surface area contributed by atoms with Crippen molar-refractivity contribution in [2.45, 2.75) is 25.6 Å². The van der Waals surface area contributed by atoms with E-state index in [2.05, 4.69) is 10.3 Å². The lowest BCUT2D eigenvalue weighted by molar-refractivity contribution is -0.118. The highest BCUT2D eigenvalue weighted by Crippen LogP contribution is 2.13. The van der Waals surface area contributed by atoms with E-state index >= 15 is 0 Å². The lowest BCUT2D eigenvalue weighted by Crippen LogP contribution is -2.40. The van der Waals surface area contributed by atoms with Crippen molar-refractivity contribution in [3.05, 3.63) is 0 Å². The first kappa shape index (κ1) is 13.0. The van der Waals surface area contributed by atoms with Gasteiger partial charge in [0.2, 0.25) is 0 Å². The van der Waals surface area contributed by atoms with Crippen LogP contribution in [-0.4, -0.2) is 31.3 Å². The van der Waals surface area contributed by atoms with E-state index in [1.54, 1.807) is 6.92 Å². The van der Waals surface area contributed by atoms with Crippen molar-refractivity contribution in [3.8, 4) is 0 Å². The van der Waals surface area contributed by atoms with Crippen LogP contribution in [0.2, 0.25) is 0 Å². The Hall–Kier alpha value is -0.980. The summed E-state index contributed by atoms with van der Waals surface area (Å²) in [5.41, 5.74) is 10.5. The van der Waals surface area contributed by atoms with E-state index < -0.39 is 12.7 Å². The SMILES string of the molecule is CC(CCN)NC(N)=NCC(F)(F)F. The maximum absolute atomic E-state index is 11.7. The van der Waals surface area contributed by atoms with Gasteiger partial charge < -0.3 is 16.8 Å². The van der Waals surface area contributed by atoms with Gasteiger partial charge in [0, 0.05) is 6.04 Å². The molecule has 0 aromatic carbocycles. The third-order valence-electron chi connectivity index (χ3n) is 1.42. The minimum absolute atomic E-state index is 0.0722. The van der Waals surface area contributed by atoms with Crippen molar-refractivity contribution in [3.63, 3.8) is 0 Å². The lowest BCUT2D eigenvalue weighted by Gasteiger charge is -2.13. The molecule has 0 bridgehead atoms. The van der Waals surface area contributed by atoms with Crippen molar-refractivity contribution >= 4 is 5.96 Å². The predicted octanol–water partition coefficient (Wildman–Crippen LogP) is 0.190. The molecule has 0 rings (SSSR count). The second-order valence-corrected chi connectivity index (χ2v) is 2.94. The molecule has 0 aliphatic rings. The molecular formula is C7H15F3N4. The zero-order chi connectivity index (χ0) is 11.2. The topological polar surface area (TPSA) is 76.4 Å². The Bertz CT molecular complexity index is 190. The molecule has 1 atom stereocenters. The summed E-state index contributed by atoms with van der Waals surface area (Å²) in [6.07, 6.45) is -3.69. The fourth-order valence-corrected chi connectivity index (χ4v) is 0.795. The molecule has 0 radical (unpaired) electrons. The monoisotopic (exact) mass is 212 g/mol. The minimum atomic E-state index is -4.32. The maximum atomic E-state index is 11.7. The molecule has 0 aliphatic carbocycles. The molecule has 14 heavy (non-hydrogen) atoms. The first-order chi connectivity index (χ1) is 6.35. The van der Waals surface area contributed by atoms with Crippen LogP contribution in [0.3, 0.4) is 0 Å². The first-order valence-corrected chi connectivity index (χ1v) is 4.18. The fraction of sp³-hybridized carbons (Fsp3) is 0.857. The molecule has 0 heterocycles. The Kier molecular flexibility index (Phi) is 5.29. The van der Waals surface area contributed by atoms with Crippen LogP contribution in [0.1, 0.15) is 13.3 Å². The quantitative estimate of drug-likeness (QED) is 0.460. The first-order valence-electron chi connectivity index (χ1n) is 4.18. The van der Waals surface area contributed by atoms with Gasteiger partial charge in [-0.3, -0.25) is 0 Å². The normalized spacial score (nSPS) is 15.4. The van der Waals surface area contributed by atoms with Gasteiger partial charge >= 0.3 is 6.18 Å². The number of nitrogens with one attached hydrogen (secondary N) is 1. The molecule has 1 unspecified atom stereocenters. The van der Waals surface area contributed by atoms with E-state index in [-0.39, 0.29) is 12.0 Å². The molecule has 4 nitrogen and oxygen atoms in total. The van der Waals surface area contributed by atoms with Gasteiger partial charge in [0.25, 0.3) is 0 Å². The lowest BCUT2D eigenvalue weighted by atomic mass is 10.2. The van der Waals surface area contributed by atoms with E-state index in [0.717, 1.165) is 0 Å². The molecule has 0 saturated carbocycles. The zero-order valence-electron chi connectivity index (χ0n) is 7.93. The molecule has 0 spiro atoms. The Morgan fingerprint density at radius 1 is 1.50 bits per heavy atom. The summed E-state index contributed by atoms with van der Waals surface area (Å²) in [4.78, 5) is 3.14. The average molecular weight is 212 g/mol. The highest BCUT2D eigenvalue weighted by Gasteiger charge is 2.26. The van der Waals surface area contributed by atoms with Crippen LogP contribution in [-0.2, 0) is 0 Å². The van der Waals surface area contributed by atoms with E-state index in [4.69, 9.17) is 11.5 Å². The van der Waals surface area contributed by atoms with Gasteiger partial charge in [-0.05, 0) is 19.9 Å². The van der Waals surface area contributed by atoms with E-state index in [9.17, 15) is 13.2 Å². The largest absolute Gasteiger partial charge is 0.408 e. The Morgan fingerprint density at radius 3 is 2.50 bits per heavy atom. The van der Waals surface area contributed by atoms with Crippen LogP contribution in [0.25, 0.3) is 0 Å². The molecular weight excluding hydrogens is 197 g/mol. The molecule has 0 amide bonds. The molecule has 0 saturated heterocycles. The number of nitrogens with zero attached hydrogens (tertiary/aromatic N) is 1. The molecule has 0 fully saturated rings. The molecule has 7 heteroatoms. The van der Waals surface area contributed by atoms with Gasteiger partial charge in [0.15, 0.2) is 5.96 Å².